The average molecular weight is 215 g/mol. The Bertz CT molecular complexity index is 303. The van der Waals surface area contributed by atoms with Crippen molar-refractivity contribution in [2.24, 2.45) is 5.41 Å². The van der Waals surface area contributed by atoms with E-state index in [1.807, 2.05) is 0 Å². The van der Waals surface area contributed by atoms with E-state index in [-0.39, 0.29) is 5.41 Å². The summed E-state index contributed by atoms with van der Waals surface area (Å²) in [6, 6.07) is 0. The van der Waals surface area contributed by atoms with E-state index < -0.39 is 0 Å². The Kier molecular flexibility index (Phi) is 3.21. The summed E-state index contributed by atoms with van der Waals surface area (Å²) in [6.45, 7) is 7.36. The van der Waals surface area contributed by atoms with Crippen LogP contribution < -0.4 is 15.8 Å². The van der Waals surface area contributed by atoms with Crippen LogP contribution in [0.4, 0.5) is 10.8 Å². The Morgan fingerprint density at radius 2 is 2.14 bits per heavy atom. The minimum Gasteiger partial charge on any atom is -0.490 e. The molecule has 0 aliphatic rings. The molecule has 1 heterocycles. The molecule has 5 heteroatoms. The van der Waals surface area contributed by atoms with Gasteiger partial charge in [0.25, 0.3) is 0 Å². The van der Waals surface area contributed by atoms with Crippen molar-refractivity contribution < 1.29 is 4.74 Å². The van der Waals surface area contributed by atoms with Crippen molar-refractivity contribution in [2.75, 3.05) is 24.7 Å². The zero-order valence-corrected chi connectivity index (χ0v) is 9.86. The topological polar surface area (TPSA) is 60.2 Å². The second kappa shape index (κ2) is 4.04. The van der Waals surface area contributed by atoms with Gasteiger partial charge in [0.15, 0.2) is 16.6 Å². The lowest BCUT2D eigenvalue weighted by atomic mass is 9.97. The molecule has 0 aliphatic heterocycles. The summed E-state index contributed by atoms with van der Waals surface area (Å²) in [5, 5.41) is 4.18. The van der Waals surface area contributed by atoms with E-state index in [2.05, 4.69) is 30.5 Å². The molecule has 0 atom stereocenters. The number of nitrogen functional groups attached to an aromatic ring is 1. The molecule has 80 valence electrons. The van der Waals surface area contributed by atoms with Crippen molar-refractivity contribution in [3.8, 4) is 5.75 Å². The van der Waals surface area contributed by atoms with Gasteiger partial charge in [-0.2, -0.15) is 4.37 Å². The number of ether oxygens (including phenoxy) is 1. The van der Waals surface area contributed by atoms with Crippen molar-refractivity contribution in [1.82, 2.24) is 4.37 Å². The van der Waals surface area contributed by atoms with Crippen molar-refractivity contribution in [3.05, 3.63) is 0 Å². The van der Waals surface area contributed by atoms with Gasteiger partial charge in [-0.15, -0.1) is 0 Å². The van der Waals surface area contributed by atoms with E-state index in [1.165, 1.54) is 11.5 Å². The lowest BCUT2D eigenvalue weighted by molar-refractivity contribution is 0.416. The molecule has 0 amide bonds. The van der Waals surface area contributed by atoms with Crippen LogP contribution in [0, 0.1) is 5.41 Å². The maximum absolute atomic E-state index is 5.63. The Morgan fingerprint density at radius 3 is 2.64 bits per heavy atom. The highest BCUT2D eigenvalue weighted by atomic mass is 32.1. The van der Waals surface area contributed by atoms with E-state index in [1.54, 1.807) is 7.11 Å². The van der Waals surface area contributed by atoms with Crippen LogP contribution in [-0.2, 0) is 0 Å². The van der Waals surface area contributed by atoms with Gasteiger partial charge >= 0.3 is 0 Å². The third kappa shape index (κ3) is 2.77. The molecule has 0 radical (unpaired) electrons. The second-order valence-corrected chi connectivity index (χ2v) is 5.12. The normalized spacial score (nSPS) is 11.4. The van der Waals surface area contributed by atoms with Gasteiger partial charge in [-0.05, 0) is 16.9 Å². The molecule has 1 rings (SSSR count). The Hall–Kier alpha value is -0.970. The number of aromatic nitrogens is 1. The molecule has 0 fully saturated rings. The van der Waals surface area contributed by atoms with Crippen LogP contribution in [-0.4, -0.2) is 18.0 Å². The third-order valence-electron chi connectivity index (χ3n) is 1.66. The van der Waals surface area contributed by atoms with E-state index in [4.69, 9.17) is 10.5 Å². The Labute approximate surface area is 88.6 Å². The molecule has 0 aliphatic carbocycles. The van der Waals surface area contributed by atoms with Crippen LogP contribution in [0.25, 0.3) is 0 Å². The summed E-state index contributed by atoms with van der Waals surface area (Å²) in [4.78, 5) is 0. The smallest absolute Gasteiger partial charge is 0.197 e. The van der Waals surface area contributed by atoms with Gasteiger partial charge in [-0.3, -0.25) is 0 Å². The molecule has 1 aromatic rings. The first kappa shape index (κ1) is 11.1. The quantitative estimate of drug-likeness (QED) is 0.811. The van der Waals surface area contributed by atoms with Crippen molar-refractivity contribution in [1.29, 1.82) is 0 Å². The number of methoxy groups -OCH3 is 1. The van der Waals surface area contributed by atoms with Crippen molar-refractivity contribution in [2.45, 2.75) is 20.8 Å². The first-order valence-corrected chi connectivity index (χ1v) is 5.24. The highest BCUT2D eigenvalue weighted by Crippen LogP contribution is 2.35. The summed E-state index contributed by atoms with van der Waals surface area (Å²) in [7, 11) is 1.60. The van der Waals surface area contributed by atoms with E-state index in [0.29, 0.717) is 11.6 Å². The largest absolute Gasteiger partial charge is 0.490 e. The van der Waals surface area contributed by atoms with Gasteiger partial charge in [0.05, 0.1) is 7.11 Å². The van der Waals surface area contributed by atoms with Crippen LogP contribution in [0.5, 0.6) is 5.75 Å². The predicted octanol–water partition coefficient (Wildman–Crippen LogP) is 2.19. The standard InChI is InChI=1S/C9H17N3OS/c1-9(2,3)5-11-8-6(13-4)7(10)12-14-8/h11H,5H2,1-4H3,(H2,10,12). The molecule has 0 unspecified atom stereocenters. The SMILES string of the molecule is COc1c(N)nsc1NCC(C)(C)C. The van der Waals surface area contributed by atoms with Gasteiger partial charge in [0.2, 0.25) is 0 Å². The maximum atomic E-state index is 5.63. The highest BCUT2D eigenvalue weighted by molar-refractivity contribution is 7.11. The summed E-state index contributed by atoms with van der Waals surface area (Å²) < 4.78 is 9.16. The minimum atomic E-state index is 0.226. The van der Waals surface area contributed by atoms with Gasteiger partial charge < -0.3 is 15.8 Å². The van der Waals surface area contributed by atoms with Crippen molar-refractivity contribution >= 4 is 22.4 Å². The van der Waals surface area contributed by atoms with E-state index >= 15 is 0 Å². The van der Waals surface area contributed by atoms with Crippen LogP contribution in [0.2, 0.25) is 0 Å². The Balaban J connectivity index is 2.67. The minimum absolute atomic E-state index is 0.226. The molecular weight excluding hydrogens is 198 g/mol. The highest BCUT2D eigenvalue weighted by Gasteiger charge is 2.15. The molecular formula is C9H17N3OS. The number of hydrogen-bond donors (Lipinski definition) is 2. The monoisotopic (exact) mass is 215 g/mol. The number of hydrogen-bond acceptors (Lipinski definition) is 5. The lowest BCUT2D eigenvalue weighted by Gasteiger charge is -2.18. The van der Waals surface area contributed by atoms with Gasteiger partial charge in [0.1, 0.15) is 0 Å². The number of rotatable bonds is 3. The van der Waals surface area contributed by atoms with Crippen LogP contribution in [0.1, 0.15) is 20.8 Å². The molecule has 14 heavy (non-hydrogen) atoms. The zero-order chi connectivity index (χ0) is 10.8. The molecule has 4 nitrogen and oxygen atoms in total. The maximum Gasteiger partial charge on any atom is 0.197 e. The summed E-state index contributed by atoms with van der Waals surface area (Å²) in [6.07, 6.45) is 0. The lowest BCUT2D eigenvalue weighted by Crippen LogP contribution is -2.18. The first-order valence-electron chi connectivity index (χ1n) is 4.47. The van der Waals surface area contributed by atoms with Gasteiger partial charge in [-0.25, -0.2) is 0 Å². The molecule has 0 saturated carbocycles. The fourth-order valence-electron chi connectivity index (χ4n) is 0.949. The van der Waals surface area contributed by atoms with Crippen LogP contribution in [0.3, 0.4) is 0 Å². The molecule has 0 spiro atoms. The van der Waals surface area contributed by atoms with Crippen LogP contribution in [0.15, 0.2) is 0 Å². The number of nitrogens with two attached hydrogens (primary N) is 1. The summed E-state index contributed by atoms with van der Waals surface area (Å²) in [5.74, 6) is 1.10. The molecule has 0 bridgehead atoms. The first-order chi connectivity index (χ1) is 6.44. The van der Waals surface area contributed by atoms with Gasteiger partial charge in [-0.1, -0.05) is 20.8 Å². The summed E-state index contributed by atoms with van der Waals surface area (Å²) in [5.41, 5.74) is 5.85. The van der Waals surface area contributed by atoms with Gasteiger partial charge in [0, 0.05) is 6.54 Å². The van der Waals surface area contributed by atoms with Crippen molar-refractivity contribution in [3.63, 3.8) is 0 Å². The summed E-state index contributed by atoms with van der Waals surface area (Å²) >= 11 is 1.33. The van der Waals surface area contributed by atoms with E-state index in [9.17, 15) is 0 Å². The average Bonchev–Trinajstić information content (AvgIpc) is 2.41. The number of nitrogens with one attached hydrogen (secondary N) is 1. The van der Waals surface area contributed by atoms with Crippen LogP contribution >= 0.6 is 11.5 Å². The molecule has 1 aromatic heterocycles. The molecule has 0 aromatic carbocycles. The molecule has 3 N–H and O–H groups in total. The molecule has 0 saturated heterocycles. The second-order valence-electron chi connectivity index (χ2n) is 4.34. The predicted molar refractivity (Wildman–Crippen MR) is 61.0 cm³/mol. The Morgan fingerprint density at radius 1 is 1.50 bits per heavy atom. The fourth-order valence-corrected chi connectivity index (χ4v) is 1.63. The fraction of sp³-hybridized carbons (Fsp3) is 0.667. The number of nitrogens with zero attached hydrogens (tertiary/aromatic N) is 1. The third-order valence-corrected chi connectivity index (χ3v) is 2.46. The number of anilines is 2. The van der Waals surface area contributed by atoms with E-state index in [0.717, 1.165) is 11.5 Å². The zero-order valence-electron chi connectivity index (χ0n) is 9.05.